The van der Waals surface area contributed by atoms with Crippen molar-refractivity contribution < 1.29 is 18.0 Å². The average Bonchev–Trinajstić information content (AvgIpc) is 3.13. The van der Waals surface area contributed by atoms with E-state index < -0.39 is 17.6 Å². The van der Waals surface area contributed by atoms with Crippen LogP contribution in [-0.2, 0) is 12.7 Å². The fourth-order valence-corrected chi connectivity index (χ4v) is 2.88. The second-order valence-corrected chi connectivity index (χ2v) is 6.26. The van der Waals surface area contributed by atoms with Crippen molar-refractivity contribution in [1.82, 2.24) is 15.3 Å². The van der Waals surface area contributed by atoms with E-state index in [1.54, 1.807) is 6.07 Å². The second-order valence-electron chi connectivity index (χ2n) is 6.26. The maximum absolute atomic E-state index is 12.8. The summed E-state index contributed by atoms with van der Waals surface area (Å²) in [6, 6.07) is 6.11. The molecule has 2 aromatic rings. The monoisotopic (exact) mass is 364 g/mol. The smallest absolute Gasteiger partial charge is 0.346 e. The van der Waals surface area contributed by atoms with Crippen LogP contribution in [0.4, 0.5) is 19.1 Å². The molecule has 0 bridgehead atoms. The van der Waals surface area contributed by atoms with Crippen molar-refractivity contribution in [3.8, 4) is 0 Å². The molecule has 5 nitrogen and oxygen atoms in total. The number of aromatic nitrogens is 2. The Labute approximate surface area is 149 Å². The Morgan fingerprint density at radius 3 is 2.62 bits per heavy atom. The number of hydrogen-bond donors (Lipinski definition) is 1. The normalized spacial score (nSPS) is 14.5. The van der Waals surface area contributed by atoms with Crippen molar-refractivity contribution in [2.45, 2.75) is 32.5 Å². The quantitative estimate of drug-likeness (QED) is 0.904. The lowest BCUT2D eigenvalue weighted by Crippen LogP contribution is -2.25. The largest absolute Gasteiger partial charge is 0.416 e. The zero-order chi connectivity index (χ0) is 18.7. The Hall–Kier alpha value is -2.64. The van der Waals surface area contributed by atoms with Crippen molar-refractivity contribution >= 4 is 11.9 Å². The Bertz CT molecular complexity index is 801. The average molecular weight is 364 g/mol. The highest BCUT2D eigenvalue weighted by atomic mass is 19.4. The summed E-state index contributed by atoms with van der Waals surface area (Å²) in [5.74, 6) is 0.0564. The molecule has 1 saturated heterocycles. The molecule has 1 fully saturated rings. The van der Waals surface area contributed by atoms with Crippen LogP contribution in [-0.4, -0.2) is 29.0 Å². The van der Waals surface area contributed by atoms with Gasteiger partial charge in [-0.15, -0.1) is 0 Å². The molecule has 8 heteroatoms. The van der Waals surface area contributed by atoms with Crippen LogP contribution in [0, 0.1) is 6.92 Å². The van der Waals surface area contributed by atoms with Gasteiger partial charge in [0.1, 0.15) is 0 Å². The molecular weight excluding hydrogens is 345 g/mol. The number of halogens is 3. The molecule has 0 radical (unpaired) electrons. The number of hydrogen-bond acceptors (Lipinski definition) is 4. The molecule has 1 aromatic carbocycles. The van der Waals surface area contributed by atoms with E-state index in [4.69, 9.17) is 0 Å². The van der Waals surface area contributed by atoms with Crippen molar-refractivity contribution in [2.24, 2.45) is 0 Å². The van der Waals surface area contributed by atoms with Crippen LogP contribution in [0.25, 0.3) is 0 Å². The van der Waals surface area contributed by atoms with Crippen molar-refractivity contribution in [1.29, 1.82) is 0 Å². The summed E-state index contributed by atoms with van der Waals surface area (Å²) in [4.78, 5) is 23.2. The molecule has 26 heavy (non-hydrogen) atoms. The van der Waals surface area contributed by atoms with Gasteiger partial charge in [-0.1, -0.05) is 6.07 Å². The van der Waals surface area contributed by atoms with Crippen molar-refractivity contribution in [2.75, 3.05) is 18.0 Å². The molecule has 1 aromatic heterocycles. The molecule has 0 saturated carbocycles. The van der Waals surface area contributed by atoms with E-state index in [2.05, 4.69) is 20.2 Å². The van der Waals surface area contributed by atoms with Crippen LogP contribution in [0.5, 0.6) is 0 Å². The van der Waals surface area contributed by atoms with Crippen LogP contribution in [0.15, 0.2) is 30.3 Å². The SMILES string of the molecule is Cc1cc(CNC(=O)c2cccc(C(F)(F)F)c2)nc(N2CCCC2)n1. The van der Waals surface area contributed by atoms with E-state index in [1.165, 1.54) is 12.1 Å². The van der Waals surface area contributed by atoms with Gasteiger partial charge in [0.15, 0.2) is 0 Å². The molecule has 0 spiro atoms. The van der Waals surface area contributed by atoms with E-state index in [1.807, 2.05) is 6.92 Å². The molecule has 0 unspecified atom stereocenters. The highest BCUT2D eigenvalue weighted by Gasteiger charge is 2.30. The van der Waals surface area contributed by atoms with Gasteiger partial charge in [0.05, 0.1) is 17.8 Å². The fraction of sp³-hybridized carbons (Fsp3) is 0.389. The number of amides is 1. The number of anilines is 1. The Balaban J connectivity index is 1.70. The topological polar surface area (TPSA) is 58.1 Å². The first-order valence-corrected chi connectivity index (χ1v) is 8.38. The summed E-state index contributed by atoms with van der Waals surface area (Å²) in [5.41, 5.74) is 0.523. The highest BCUT2D eigenvalue weighted by Crippen LogP contribution is 2.29. The van der Waals surface area contributed by atoms with Gasteiger partial charge in [-0.2, -0.15) is 13.2 Å². The van der Waals surface area contributed by atoms with Crippen molar-refractivity contribution in [3.05, 3.63) is 52.8 Å². The van der Waals surface area contributed by atoms with E-state index in [0.29, 0.717) is 11.6 Å². The van der Waals surface area contributed by atoms with Crippen LogP contribution in [0.1, 0.15) is 40.2 Å². The van der Waals surface area contributed by atoms with Crippen LogP contribution in [0.2, 0.25) is 0 Å². The molecule has 0 aliphatic carbocycles. The van der Waals surface area contributed by atoms with Crippen LogP contribution in [0.3, 0.4) is 0 Å². The zero-order valence-electron chi connectivity index (χ0n) is 14.3. The lowest BCUT2D eigenvalue weighted by molar-refractivity contribution is -0.137. The molecule has 1 N–H and O–H groups in total. The summed E-state index contributed by atoms with van der Waals surface area (Å²) in [7, 11) is 0. The first-order valence-electron chi connectivity index (χ1n) is 8.38. The molecular formula is C18H19F3N4O. The molecule has 1 aliphatic heterocycles. The van der Waals surface area contributed by atoms with Crippen LogP contribution >= 0.6 is 0 Å². The molecule has 138 valence electrons. The number of aryl methyl sites for hydroxylation is 1. The summed E-state index contributed by atoms with van der Waals surface area (Å²) in [6.07, 6.45) is -2.29. The lowest BCUT2D eigenvalue weighted by Gasteiger charge is -2.16. The minimum absolute atomic E-state index is 0.0367. The van der Waals surface area contributed by atoms with Crippen molar-refractivity contribution in [3.63, 3.8) is 0 Å². The first-order chi connectivity index (χ1) is 12.3. The van der Waals surface area contributed by atoms with Gasteiger partial charge in [0, 0.05) is 24.3 Å². The van der Waals surface area contributed by atoms with E-state index in [0.717, 1.165) is 43.8 Å². The van der Waals surface area contributed by atoms with Gasteiger partial charge in [-0.3, -0.25) is 4.79 Å². The summed E-state index contributed by atoms with van der Waals surface area (Å²) in [5, 5.41) is 2.62. The van der Waals surface area contributed by atoms with E-state index in [-0.39, 0.29) is 12.1 Å². The van der Waals surface area contributed by atoms with Gasteiger partial charge in [0.25, 0.3) is 5.91 Å². The molecule has 3 rings (SSSR count). The molecule has 1 amide bonds. The molecule has 2 heterocycles. The molecule has 0 atom stereocenters. The summed E-state index contributed by atoms with van der Waals surface area (Å²) >= 11 is 0. The van der Waals surface area contributed by atoms with E-state index in [9.17, 15) is 18.0 Å². The van der Waals surface area contributed by atoms with E-state index >= 15 is 0 Å². The number of carbonyl (C=O) groups is 1. The molecule has 1 aliphatic rings. The fourth-order valence-electron chi connectivity index (χ4n) is 2.88. The maximum atomic E-state index is 12.8. The predicted molar refractivity (Wildman–Crippen MR) is 90.8 cm³/mol. The third-order valence-corrected chi connectivity index (χ3v) is 4.17. The van der Waals surface area contributed by atoms with Gasteiger partial charge < -0.3 is 10.2 Å². The third-order valence-electron chi connectivity index (χ3n) is 4.17. The minimum atomic E-state index is -4.48. The summed E-state index contributed by atoms with van der Waals surface area (Å²) < 4.78 is 38.3. The van der Waals surface area contributed by atoms with Gasteiger partial charge in [-0.05, 0) is 44.0 Å². The lowest BCUT2D eigenvalue weighted by atomic mass is 10.1. The number of nitrogens with zero attached hydrogens (tertiary/aromatic N) is 3. The number of benzene rings is 1. The number of carbonyl (C=O) groups excluding carboxylic acids is 1. The minimum Gasteiger partial charge on any atom is -0.346 e. The zero-order valence-corrected chi connectivity index (χ0v) is 14.3. The third kappa shape index (κ3) is 4.30. The maximum Gasteiger partial charge on any atom is 0.416 e. The van der Waals surface area contributed by atoms with Gasteiger partial charge in [-0.25, -0.2) is 9.97 Å². The first kappa shape index (κ1) is 18.2. The highest BCUT2D eigenvalue weighted by molar-refractivity contribution is 5.94. The Kier molecular flexibility index (Phi) is 5.11. The second kappa shape index (κ2) is 7.31. The van der Waals surface area contributed by atoms with Gasteiger partial charge in [0.2, 0.25) is 5.95 Å². The number of nitrogens with one attached hydrogen (secondary N) is 1. The Morgan fingerprint density at radius 1 is 1.19 bits per heavy atom. The standard InChI is InChI=1S/C18H19F3N4O/c1-12-9-15(24-17(23-12)25-7-2-3-8-25)11-22-16(26)13-5-4-6-14(10-13)18(19,20)21/h4-6,9-10H,2-3,7-8,11H2,1H3,(H,22,26). The Morgan fingerprint density at radius 2 is 1.92 bits per heavy atom. The summed E-state index contributed by atoms with van der Waals surface area (Å²) in [6.45, 7) is 3.78. The number of rotatable bonds is 4. The van der Waals surface area contributed by atoms with Gasteiger partial charge >= 0.3 is 6.18 Å². The predicted octanol–water partition coefficient (Wildman–Crippen LogP) is 3.33. The van der Waals surface area contributed by atoms with Crippen LogP contribution < -0.4 is 10.2 Å². The number of alkyl halides is 3.